The summed E-state index contributed by atoms with van der Waals surface area (Å²) in [5.41, 5.74) is 5.73. The molecule has 0 radical (unpaired) electrons. The average Bonchev–Trinajstić information content (AvgIpc) is 2.22. The number of nitrogens with one attached hydrogen (secondary N) is 1. The molecule has 102 valence electrons. The van der Waals surface area contributed by atoms with Crippen LogP contribution in [-0.2, 0) is 4.79 Å². The lowest BCUT2D eigenvalue weighted by Gasteiger charge is -2.27. The summed E-state index contributed by atoms with van der Waals surface area (Å²) in [6.45, 7) is 10.2. The van der Waals surface area contributed by atoms with Gasteiger partial charge in [-0.25, -0.2) is 0 Å². The van der Waals surface area contributed by atoms with Crippen molar-refractivity contribution >= 4 is 5.91 Å². The van der Waals surface area contributed by atoms with Crippen LogP contribution in [0.4, 0.5) is 0 Å². The third-order valence-corrected chi connectivity index (χ3v) is 3.09. The highest BCUT2D eigenvalue weighted by Crippen LogP contribution is 2.17. The zero-order valence-corrected chi connectivity index (χ0v) is 12.2. The van der Waals surface area contributed by atoms with E-state index in [2.05, 4.69) is 19.2 Å². The second-order valence-corrected chi connectivity index (χ2v) is 6.10. The van der Waals surface area contributed by atoms with Crippen molar-refractivity contribution in [2.75, 3.05) is 0 Å². The van der Waals surface area contributed by atoms with Crippen molar-refractivity contribution in [1.29, 1.82) is 0 Å². The lowest BCUT2D eigenvalue weighted by Crippen LogP contribution is -2.50. The van der Waals surface area contributed by atoms with E-state index in [0.717, 1.165) is 6.42 Å². The highest BCUT2D eigenvalue weighted by molar-refractivity contribution is 5.82. The third-order valence-electron chi connectivity index (χ3n) is 3.09. The average molecular weight is 242 g/mol. The van der Waals surface area contributed by atoms with Crippen LogP contribution in [-0.4, -0.2) is 18.0 Å². The molecule has 3 heteroatoms. The number of carbonyl (C=O) groups excluding carboxylic acids is 1. The molecule has 3 nitrogen and oxygen atoms in total. The van der Waals surface area contributed by atoms with Gasteiger partial charge in [-0.3, -0.25) is 4.79 Å². The summed E-state index contributed by atoms with van der Waals surface area (Å²) in [4.78, 5) is 11.9. The maximum atomic E-state index is 11.9. The zero-order chi connectivity index (χ0) is 13.5. The Bertz CT molecular complexity index is 221. The normalized spacial score (nSPS) is 15.4. The molecule has 0 aliphatic carbocycles. The molecule has 0 aromatic rings. The molecule has 0 rings (SSSR count). The van der Waals surface area contributed by atoms with Gasteiger partial charge in [-0.05, 0) is 18.8 Å². The minimum Gasteiger partial charge on any atom is -0.352 e. The highest BCUT2D eigenvalue weighted by atomic mass is 16.2. The number of hydrogen-bond acceptors (Lipinski definition) is 2. The van der Waals surface area contributed by atoms with E-state index in [9.17, 15) is 4.79 Å². The van der Waals surface area contributed by atoms with E-state index in [1.54, 1.807) is 0 Å². The Balaban J connectivity index is 3.88. The van der Waals surface area contributed by atoms with E-state index in [0.29, 0.717) is 0 Å². The van der Waals surface area contributed by atoms with Gasteiger partial charge in [0, 0.05) is 6.04 Å². The number of carbonyl (C=O) groups is 1. The summed E-state index contributed by atoms with van der Waals surface area (Å²) in [6.07, 6.45) is 6.00. The van der Waals surface area contributed by atoms with Crippen molar-refractivity contribution in [3.63, 3.8) is 0 Å². The van der Waals surface area contributed by atoms with Gasteiger partial charge in [0.2, 0.25) is 5.91 Å². The Kier molecular flexibility index (Phi) is 7.44. The molecule has 0 aliphatic rings. The monoisotopic (exact) mass is 242 g/mol. The van der Waals surface area contributed by atoms with Gasteiger partial charge in [0.25, 0.3) is 0 Å². The molecular weight excluding hydrogens is 212 g/mol. The van der Waals surface area contributed by atoms with E-state index in [4.69, 9.17) is 5.73 Å². The number of amides is 1. The molecule has 0 saturated heterocycles. The molecule has 0 aromatic heterocycles. The lowest BCUT2D eigenvalue weighted by atomic mass is 9.87. The molecule has 0 spiro atoms. The first kappa shape index (κ1) is 16.4. The SMILES string of the molecule is CCCCCCC(C)NC(=O)[C@@H](N)C(C)(C)C. The van der Waals surface area contributed by atoms with Crippen molar-refractivity contribution in [1.82, 2.24) is 5.32 Å². The van der Waals surface area contributed by atoms with Crippen molar-refractivity contribution < 1.29 is 4.79 Å². The lowest BCUT2D eigenvalue weighted by molar-refractivity contribution is -0.125. The molecule has 0 saturated carbocycles. The Morgan fingerprint density at radius 3 is 2.29 bits per heavy atom. The number of hydrogen-bond donors (Lipinski definition) is 2. The predicted molar refractivity (Wildman–Crippen MR) is 73.8 cm³/mol. The van der Waals surface area contributed by atoms with E-state index in [1.165, 1.54) is 25.7 Å². The van der Waals surface area contributed by atoms with Crippen LogP contribution in [0.5, 0.6) is 0 Å². The minimum absolute atomic E-state index is 0.0273. The van der Waals surface area contributed by atoms with Crippen molar-refractivity contribution in [2.45, 2.75) is 78.8 Å². The molecule has 2 atom stereocenters. The van der Waals surface area contributed by atoms with Crippen LogP contribution in [0.1, 0.15) is 66.7 Å². The van der Waals surface area contributed by atoms with Gasteiger partial charge in [0.15, 0.2) is 0 Å². The van der Waals surface area contributed by atoms with Crippen LogP contribution in [0, 0.1) is 5.41 Å². The molecule has 1 unspecified atom stereocenters. The minimum atomic E-state index is -0.430. The van der Waals surface area contributed by atoms with Gasteiger partial charge in [0.1, 0.15) is 0 Å². The molecule has 0 aromatic carbocycles. The first-order valence-electron chi connectivity index (χ1n) is 6.85. The number of unbranched alkanes of at least 4 members (excludes halogenated alkanes) is 3. The molecule has 3 N–H and O–H groups in total. The van der Waals surface area contributed by atoms with Gasteiger partial charge in [-0.1, -0.05) is 53.4 Å². The van der Waals surface area contributed by atoms with Gasteiger partial charge in [-0.15, -0.1) is 0 Å². The predicted octanol–water partition coefficient (Wildman–Crippen LogP) is 2.83. The molecule has 0 fully saturated rings. The topological polar surface area (TPSA) is 55.1 Å². The van der Waals surface area contributed by atoms with E-state index in [1.807, 2.05) is 20.8 Å². The zero-order valence-electron chi connectivity index (χ0n) is 12.2. The molecule has 17 heavy (non-hydrogen) atoms. The number of rotatable bonds is 7. The van der Waals surface area contributed by atoms with Crippen molar-refractivity contribution in [3.8, 4) is 0 Å². The quantitative estimate of drug-likeness (QED) is 0.674. The van der Waals surface area contributed by atoms with Crippen LogP contribution in [0.15, 0.2) is 0 Å². The Labute approximate surface area is 107 Å². The largest absolute Gasteiger partial charge is 0.352 e. The molecule has 0 aliphatic heterocycles. The molecule has 0 heterocycles. The molecule has 1 amide bonds. The van der Waals surface area contributed by atoms with E-state index >= 15 is 0 Å². The van der Waals surface area contributed by atoms with Crippen molar-refractivity contribution in [3.05, 3.63) is 0 Å². The van der Waals surface area contributed by atoms with Gasteiger partial charge in [-0.2, -0.15) is 0 Å². The van der Waals surface area contributed by atoms with Gasteiger partial charge in [0.05, 0.1) is 6.04 Å². The second-order valence-electron chi connectivity index (χ2n) is 6.10. The fraction of sp³-hybridized carbons (Fsp3) is 0.929. The number of nitrogens with two attached hydrogens (primary N) is 1. The summed E-state index contributed by atoms with van der Waals surface area (Å²) < 4.78 is 0. The standard InChI is InChI=1S/C14H30N2O/c1-6-7-8-9-10-11(2)16-13(17)12(15)14(3,4)5/h11-12H,6-10,15H2,1-5H3,(H,16,17)/t11?,12-/m1/s1. The van der Waals surface area contributed by atoms with Crippen LogP contribution < -0.4 is 11.1 Å². The fourth-order valence-corrected chi connectivity index (χ4v) is 1.68. The maximum absolute atomic E-state index is 11.9. The van der Waals surface area contributed by atoms with E-state index < -0.39 is 6.04 Å². The highest BCUT2D eigenvalue weighted by Gasteiger charge is 2.27. The van der Waals surface area contributed by atoms with Gasteiger partial charge < -0.3 is 11.1 Å². The van der Waals surface area contributed by atoms with E-state index in [-0.39, 0.29) is 17.4 Å². The maximum Gasteiger partial charge on any atom is 0.237 e. The third kappa shape index (κ3) is 7.37. The summed E-state index contributed by atoms with van der Waals surface area (Å²) >= 11 is 0. The fourth-order valence-electron chi connectivity index (χ4n) is 1.68. The summed E-state index contributed by atoms with van der Waals surface area (Å²) in [5.74, 6) is -0.0273. The molecule has 0 bridgehead atoms. The first-order chi connectivity index (χ1) is 7.79. The van der Waals surface area contributed by atoms with Crippen LogP contribution in [0.2, 0.25) is 0 Å². The Morgan fingerprint density at radius 2 is 1.82 bits per heavy atom. The summed E-state index contributed by atoms with van der Waals surface area (Å²) in [5, 5.41) is 3.00. The summed E-state index contributed by atoms with van der Waals surface area (Å²) in [6, 6.07) is -0.201. The van der Waals surface area contributed by atoms with Crippen LogP contribution in [0.3, 0.4) is 0 Å². The van der Waals surface area contributed by atoms with Crippen molar-refractivity contribution in [2.24, 2.45) is 11.1 Å². The smallest absolute Gasteiger partial charge is 0.237 e. The molecular formula is C14H30N2O. The van der Waals surface area contributed by atoms with Crippen LogP contribution in [0.25, 0.3) is 0 Å². The van der Waals surface area contributed by atoms with Gasteiger partial charge >= 0.3 is 0 Å². The summed E-state index contributed by atoms with van der Waals surface area (Å²) in [7, 11) is 0. The first-order valence-corrected chi connectivity index (χ1v) is 6.85. The second kappa shape index (κ2) is 7.70. The Morgan fingerprint density at radius 1 is 1.24 bits per heavy atom. The van der Waals surface area contributed by atoms with Crippen LogP contribution >= 0.6 is 0 Å². The Hall–Kier alpha value is -0.570.